The molecule has 0 amide bonds. The number of methoxy groups -OCH3 is 1. The van der Waals surface area contributed by atoms with E-state index < -0.39 is 0 Å². The Balaban J connectivity index is 2.29. The number of hydrogen-bond acceptors (Lipinski definition) is 4. The van der Waals surface area contributed by atoms with Crippen molar-refractivity contribution in [2.45, 2.75) is 6.04 Å². The summed E-state index contributed by atoms with van der Waals surface area (Å²) in [6.07, 6.45) is 6.60. The molecule has 2 N–H and O–H groups in total. The van der Waals surface area contributed by atoms with Gasteiger partial charge in [-0.15, -0.1) is 0 Å². The zero-order valence-corrected chi connectivity index (χ0v) is 8.38. The van der Waals surface area contributed by atoms with Crippen LogP contribution >= 0.6 is 0 Å². The highest BCUT2D eigenvalue weighted by Crippen LogP contribution is 2.21. The maximum atomic E-state index is 6.03. The summed E-state index contributed by atoms with van der Waals surface area (Å²) in [6.45, 7) is 0. The highest BCUT2D eigenvalue weighted by molar-refractivity contribution is 5.31. The molecule has 78 valence electrons. The summed E-state index contributed by atoms with van der Waals surface area (Å²) >= 11 is 0. The van der Waals surface area contributed by atoms with Gasteiger partial charge in [-0.25, -0.2) is 0 Å². The normalized spacial score (nSPS) is 12.4. The predicted octanol–water partition coefficient (Wildman–Crippen LogP) is 1.73. The first-order valence-corrected chi connectivity index (χ1v) is 4.58. The van der Waals surface area contributed by atoms with Crippen molar-refractivity contribution in [1.82, 2.24) is 4.98 Å². The number of ether oxygens (including phenoxy) is 1. The van der Waals surface area contributed by atoms with Crippen LogP contribution in [0, 0.1) is 0 Å². The second kappa shape index (κ2) is 4.14. The Kier molecular flexibility index (Phi) is 2.69. The quantitative estimate of drug-likeness (QED) is 0.827. The van der Waals surface area contributed by atoms with Gasteiger partial charge in [-0.05, 0) is 17.7 Å². The van der Waals surface area contributed by atoms with E-state index in [4.69, 9.17) is 14.9 Å². The second-order valence-electron chi connectivity index (χ2n) is 3.19. The maximum absolute atomic E-state index is 6.03. The van der Waals surface area contributed by atoms with Gasteiger partial charge in [0.05, 0.1) is 31.9 Å². The Morgan fingerprint density at radius 1 is 1.40 bits per heavy atom. The Bertz CT molecular complexity index is 426. The molecule has 0 saturated heterocycles. The summed E-state index contributed by atoms with van der Waals surface area (Å²) in [4.78, 5) is 4.05. The average Bonchev–Trinajstić information content (AvgIpc) is 2.81. The number of rotatable bonds is 3. The molecule has 2 rings (SSSR count). The number of nitrogens with zero attached hydrogens (tertiary/aromatic N) is 1. The summed E-state index contributed by atoms with van der Waals surface area (Å²) in [5.74, 6) is 0.700. The molecule has 4 heteroatoms. The SMILES string of the molecule is COc1cncc(C(N)c2ccoc2)c1. The Morgan fingerprint density at radius 2 is 2.27 bits per heavy atom. The van der Waals surface area contributed by atoms with Crippen LogP contribution in [-0.2, 0) is 0 Å². The number of pyridine rings is 1. The van der Waals surface area contributed by atoms with Gasteiger partial charge >= 0.3 is 0 Å². The van der Waals surface area contributed by atoms with Gasteiger partial charge in [-0.3, -0.25) is 4.98 Å². The van der Waals surface area contributed by atoms with Crippen molar-refractivity contribution in [2.75, 3.05) is 7.11 Å². The van der Waals surface area contributed by atoms with E-state index in [1.807, 2.05) is 12.1 Å². The van der Waals surface area contributed by atoms with Crippen LogP contribution < -0.4 is 10.5 Å². The predicted molar refractivity (Wildman–Crippen MR) is 55.5 cm³/mol. The lowest BCUT2D eigenvalue weighted by Gasteiger charge is -2.10. The molecule has 15 heavy (non-hydrogen) atoms. The highest BCUT2D eigenvalue weighted by Gasteiger charge is 2.10. The van der Waals surface area contributed by atoms with E-state index in [2.05, 4.69) is 4.98 Å². The minimum Gasteiger partial charge on any atom is -0.495 e. The number of aromatic nitrogens is 1. The molecule has 0 aliphatic heterocycles. The van der Waals surface area contributed by atoms with Crippen LogP contribution in [0.1, 0.15) is 17.2 Å². The van der Waals surface area contributed by atoms with Gasteiger partial charge in [0.25, 0.3) is 0 Å². The molecular weight excluding hydrogens is 192 g/mol. The number of nitrogens with two attached hydrogens (primary N) is 1. The zero-order valence-electron chi connectivity index (χ0n) is 8.38. The fourth-order valence-electron chi connectivity index (χ4n) is 1.36. The maximum Gasteiger partial charge on any atom is 0.137 e. The van der Waals surface area contributed by atoms with E-state index in [1.54, 1.807) is 32.0 Å². The Labute approximate surface area is 87.7 Å². The summed E-state index contributed by atoms with van der Waals surface area (Å²) < 4.78 is 10.1. The van der Waals surface area contributed by atoms with Crippen LogP contribution in [0.5, 0.6) is 5.75 Å². The lowest BCUT2D eigenvalue weighted by Crippen LogP contribution is -2.11. The molecule has 0 bridgehead atoms. The van der Waals surface area contributed by atoms with Crippen molar-refractivity contribution in [1.29, 1.82) is 0 Å². The van der Waals surface area contributed by atoms with Crippen molar-refractivity contribution < 1.29 is 9.15 Å². The molecular formula is C11H12N2O2. The van der Waals surface area contributed by atoms with E-state index in [0.29, 0.717) is 5.75 Å². The summed E-state index contributed by atoms with van der Waals surface area (Å²) in [5.41, 5.74) is 7.85. The molecule has 1 unspecified atom stereocenters. The van der Waals surface area contributed by atoms with Gasteiger partial charge in [0.2, 0.25) is 0 Å². The van der Waals surface area contributed by atoms with E-state index >= 15 is 0 Å². The zero-order chi connectivity index (χ0) is 10.7. The first-order chi connectivity index (χ1) is 7.31. The molecule has 1 atom stereocenters. The van der Waals surface area contributed by atoms with Crippen LogP contribution in [0.2, 0.25) is 0 Å². The molecule has 0 spiro atoms. The topological polar surface area (TPSA) is 61.3 Å². The first kappa shape index (κ1) is 9.73. The van der Waals surface area contributed by atoms with Crippen LogP contribution in [0.4, 0.5) is 0 Å². The Hall–Kier alpha value is -1.81. The Morgan fingerprint density at radius 3 is 2.93 bits per heavy atom. The molecule has 0 radical (unpaired) electrons. The minimum absolute atomic E-state index is 0.230. The standard InChI is InChI=1S/C11H12N2O2/c1-14-10-4-9(5-13-6-10)11(12)8-2-3-15-7-8/h2-7,11H,12H2,1H3. The smallest absolute Gasteiger partial charge is 0.137 e. The molecule has 4 nitrogen and oxygen atoms in total. The molecule has 2 aromatic rings. The third kappa shape index (κ3) is 1.99. The van der Waals surface area contributed by atoms with Crippen LogP contribution in [0.15, 0.2) is 41.5 Å². The fraction of sp³-hybridized carbons (Fsp3) is 0.182. The third-order valence-corrected chi connectivity index (χ3v) is 2.23. The lowest BCUT2D eigenvalue weighted by molar-refractivity contribution is 0.412. The lowest BCUT2D eigenvalue weighted by atomic mass is 10.0. The van der Waals surface area contributed by atoms with Gasteiger partial charge < -0.3 is 14.9 Å². The van der Waals surface area contributed by atoms with Gasteiger partial charge in [-0.2, -0.15) is 0 Å². The fourth-order valence-corrected chi connectivity index (χ4v) is 1.36. The second-order valence-corrected chi connectivity index (χ2v) is 3.19. The third-order valence-electron chi connectivity index (χ3n) is 2.23. The van der Waals surface area contributed by atoms with E-state index in [1.165, 1.54) is 0 Å². The number of hydrogen-bond donors (Lipinski definition) is 1. The van der Waals surface area contributed by atoms with Crippen LogP contribution in [0.3, 0.4) is 0 Å². The van der Waals surface area contributed by atoms with E-state index in [0.717, 1.165) is 11.1 Å². The molecule has 2 aromatic heterocycles. The van der Waals surface area contributed by atoms with Gasteiger partial charge in [0.1, 0.15) is 5.75 Å². The largest absolute Gasteiger partial charge is 0.495 e. The van der Waals surface area contributed by atoms with Crippen LogP contribution in [0.25, 0.3) is 0 Å². The van der Waals surface area contributed by atoms with E-state index in [-0.39, 0.29) is 6.04 Å². The average molecular weight is 204 g/mol. The van der Waals surface area contributed by atoms with Crippen LogP contribution in [-0.4, -0.2) is 12.1 Å². The summed E-state index contributed by atoms with van der Waals surface area (Å²) in [5, 5.41) is 0. The molecule has 0 fully saturated rings. The first-order valence-electron chi connectivity index (χ1n) is 4.58. The van der Waals surface area contributed by atoms with E-state index in [9.17, 15) is 0 Å². The number of furan rings is 1. The highest BCUT2D eigenvalue weighted by atomic mass is 16.5. The monoisotopic (exact) mass is 204 g/mol. The van der Waals surface area contributed by atoms with Crippen molar-refractivity contribution in [2.24, 2.45) is 5.73 Å². The summed E-state index contributed by atoms with van der Waals surface area (Å²) in [7, 11) is 1.60. The molecule has 2 heterocycles. The summed E-state index contributed by atoms with van der Waals surface area (Å²) in [6, 6.07) is 3.47. The van der Waals surface area contributed by atoms with Crippen molar-refractivity contribution in [3.05, 3.63) is 48.2 Å². The molecule has 0 aliphatic carbocycles. The van der Waals surface area contributed by atoms with Gasteiger partial charge in [0.15, 0.2) is 0 Å². The van der Waals surface area contributed by atoms with Crippen molar-refractivity contribution in [3.63, 3.8) is 0 Å². The van der Waals surface area contributed by atoms with Gasteiger partial charge in [-0.1, -0.05) is 0 Å². The van der Waals surface area contributed by atoms with Crippen molar-refractivity contribution in [3.8, 4) is 5.75 Å². The molecule has 0 aromatic carbocycles. The van der Waals surface area contributed by atoms with Crippen molar-refractivity contribution >= 4 is 0 Å². The molecule has 0 saturated carbocycles. The minimum atomic E-state index is -0.230. The van der Waals surface area contributed by atoms with Gasteiger partial charge in [0, 0.05) is 11.8 Å². The molecule has 0 aliphatic rings.